The first-order chi connectivity index (χ1) is 13.6. The Kier molecular flexibility index (Phi) is 12.4. The molecule has 7 heteroatoms. The zero-order chi connectivity index (χ0) is 20.4. The number of unbranched alkanes of at least 4 members (excludes halogenated alkanes) is 2. The first-order valence-corrected chi connectivity index (χ1v) is 11.0. The van der Waals surface area contributed by atoms with Crippen LogP contribution in [-0.4, -0.2) is 25.8 Å². The van der Waals surface area contributed by atoms with Crippen molar-refractivity contribution in [2.45, 2.75) is 39.5 Å². The topological polar surface area (TPSA) is 44.8 Å². The molecule has 2 aromatic rings. The molecule has 2 aromatic carbocycles. The van der Waals surface area contributed by atoms with Crippen LogP contribution in [0, 0.1) is 0 Å². The molecule has 0 spiro atoms. The van der Waals surface area contributed by atoms with Crippen LogP contribution in [0.3, 0.4) is 0 Å². The van der Waals surface area contributed by atoms with E-state index in [2.05, 4.69) is 13.8 Å². The van der Waals surface area contributed by atoms with Gasteiger partial charge in [0.2, 0.25) is 0 Å². The SMILES string of the molecule is CCCCOc1ccc(PC(=O)c2c(Cl)cccc2OC)c(OCCCC)c1.[Li+]. The van der Waals surface area contributed by atoms with Crippen LogP contribution >= 0.6 is 20.2 Å². The Morgan fingerprint density at radius 2 is 1.69 bits per heavy atom. The fourth-order valence-corrected chi connectivity index (χ4v) is 3.95. The second-order valence-corrected chi connectivity index (χ2v) is 7.98. The van der Waals surface area contributed by atoms with E-state index in [-0.39, 0.29) is 33.0 Å². The van der Waals surface area contributed by atoms with Gasteiger partial charge in [0.05, 0.1) is 30.9 Å². The number of hydrogen-bond acceptors (Lipinski definition) is 4. The minimum absolute atomic E-state index is 0. The number of carbonyl (C=O) groups is 1. The minimum Gasteiger partial charge on any atom is -0.496 e. The maximum atomic E-state index is 13.0. The van der Waals surface area contributed by atoms with E-state index in [4.69, 9.17) is 25.8 Å². The van der Waals surface area contributed by atoms with Crippen molar-refractivity contribution in [2.24, 2.45) is 0 Å². The average Bonchev–Trinajstić information content (AvgIpc) is 2.69. The Morgan fingerprint density at radius 1 is 1.00 bits per heavy atom. The van der Waals surface area contributed by atoms with Gasteiger partial charge in [-0.25, -0.2) is 0 Å². The van der Waals surface area contributed by atoms with E-state index in [1.54, 1.807) is 18.2 Å². The van der Waals surface area contributed by atoms with Crippen LogP contribution in [-0.2, 0) is 0 Å². The van der Waals surface area contributed by atoms with Gasteiger partial charge in [-0.05, 0) is 45.7 Å². The third kappa shape index (κ3) is 7.87. The largest absolute Gasteiger partial charge is 1.00 e. The number of ether oxygens (including phenoxy) is 3. The van der Waals surface area contributed by atoms with E-state index in [0.29, 0.717) is 35.3 Å². The molecule has 29 heavy (non-hydrogen) atoms. The third-order valence-electron chi connectivity index (χ3n) is 4.15. The van der Waals surface area contributed by atoms with E-state index >= 15 is 0 Å². The molecular weight excluding hydrogens is 402 g/mol. The number of hydrogen-bond donors (Lipinski definition) is 0. The van der Waals surface area contributed by atoms with E-state index in [9.17, 15) is 4.79 Å². The van der Waals surface area contributed by atoms with Crippen molar-refractivity contribution in [3.63, 3.8) is 0 Å². The first kappa shape index (κ1) is 25.9. The summed E-state index contributed by atoms with van der Waals surface area (Å²) in [4.78, 5) is 13.0. The van der Waals surface area contributed by atoms with Crippen LogP contribution in [0.5, 0.6) is 17.2 Å². The summed E-state index contributed by atoms with van der Waals surface area (Å²) < 4.78 is 17.1. The Labute approximate surface area is 192 Å². The Morgan fingerprint density at radius 3 is 2.34 bits per heavy atom. The van der Waals surface area contributed by atoms with Crippen LogP contribution in [0.15, 0.2) is 36.4 Å². The fourth-order valence-electron chi connectivity index (χ4n) is 2.56. The molecule has 1 atom stereocenters. The smallest absolute Gasteiger partial charge is 0.496 e. The van der Waals surface area contributed by atoms with Crippen molar-refractivity contribution >= 4 is 31.0 Å². The van der Waals surface area contributed by atoms with Gasteiger partial charge >= 0.3 is 18.9 Å². The molecule has 152 valence electrons. The number of carbonyl (C=O) groups excluding carboxylic acids is 1. The van der Waals surface area contributed by atoms with Crippen molar-refractivity contribution in [1.82, 2.24) is 0 Å². The number of methoxy groups -OCH3 is 1. The zero-order valence-corrected chi connectivity index (χ0v) is 19.5. The summed E-state index contributed by atoms with van der Waals surface area (Å²) in [6.45, 7) is 5.52. The van der Waals surface area contributed by atoms with Crippen LogP contribution < -0.4 is 38.4 Å². The van der Waals surface area contributed by atoms with Gasteiger partial charge in [0.15, 0.2) is 5.52 Å². The van der Waals surface area contributed by atoms with Crippen molar-refractivity contribution < 1.29 is 37.9 Å². The molecule has 0 fully saturated rings. The second-order valence-electron chi connectivity index (χ2n) is 6.33. The summed E-state index contributed by atoms with van der Waals surface area (Å²) in [7, 11) is 1.41. The fraction of sp³-hybridized carbons (Fsp3) is 0.409. The molecule has 0 heterocycles. The predicted octanol–water partition coefficient (Wildman–Crippen LogP) is 2.85. The summed E-state index contributed by atoms with van der Waals surface area (Å²) >= 11 is 6.26. The number of benzene rings is 2. The van der Waals surface area contributed by atoms with Gasteiger partial charge in [0.1, 0.15) is 17.2 Å². The monoisotopic (exact) mass is 429 g/mol. The summed E-state index contributed by atoms with van der Waals surface area (Å²) in [5.41, 5.74) is 0.329. The van der Waals surface area contributed by atoms with E-state index in [0.717, 1.165) is 36.7 Å². The summed E-state index contributed by atoms with van der Waals surface area (Å²) in [5, 5.41) is 1.23. The van der Waals surface area contributed by atoms with Crippen molar-refractivity contribution in [1.29, 1.82) is 0 Å². The van der Waals surface area contributed by atoms with Crippen molar-refractivity contribution in [3.8, 4) is 17.2 Å². The van der Waals surface area contributed by atoms with Crippen LogP contribution in [0.1, 0.15) is 49.9 Å². The van der Waals surface area contributed by atoms with Gasteiger partial charge in [0.25, 0.3) is 0 Å². The van der Waals surface area contributed by atoms with Crippen molar-refractivity contribution in [3.05, 3.63) is 47.0 Å². The molecular formula is C22H28ClLiO4P+. The molecule has 2 rings (SSSR count). The summed E-state index contributed by atoms with van der Waals surface area (Å²) in [5.74, 6) is 1.94. The van der Waals surface area contributed by atoms with E-state index in [1.807, 2.05) is 18.2 Å². The average molecular weight is 430 g/mol. The molecule has 0 aliphatic carbocycles. The standard InChI is InChI=1S/C22H28ClO4P.Li/c1-4-6-13-26-16-11-12-20(19(15-16)27-14-7-5-2)28-22(24)21-17(23)9-8-10-18(21)25-3;/h8-12,15,28H,4-7,13-14H2,1-3H3;/q;+1. The molecule has 0 aromatic heterocycles. The molecule has 0 radical (unpaired) electrons. The van der Waals surface area contributed by atoms with Gasteiger partial charge in [-0.15, -0.1) is 0 Å². The maximum Gasteiger partial charge on any atom is 1.00 e. The molecule has 4 nitrogen and oxygen atoms in total. The quantitative estimate of drug-likeness (QED) is 0.296. The van der Waals surface area contributed by atoms with Crippen LogP contribution in [0.2, 0.25) is 5.02 Å². The van der Waals surface area contributed by atoms with Crippen molar-refractivity contribution in [2.75, 3.05) is 20.3 Å². The molecule has 0 saturated heterocycles. The van der Waals surface area contributed by atoms with Gasteiger partial charge in [0, 0.05) is 11.4 Å². The molecule has 0 N–H and O–H groups in total. The second kappa shape index (κ2) is 13.9. The molecule has 1 unspecified atom stereocenters. The van der Waals surface area contributed by atoms with Crippen LogP contribution in [0.25, 0.3) is 0 Å². The molecule has 0 bridgehead atoms. The first-order valence-electron chi connectivity index (χ1n) is 9.64. The molecule has 0 amide bonds. The van der Waals surface area contributed by atoms with Gasteiger partial charge < -0.3 is 14.2 Å². The van der Waals surface area contributed by atoms with Gasteiger partial charge in [-0.3, -0.25) is 4.79 Å². The normalized spacial score (nSPS) is 10.6. The van der Waals surface area contributed by atoms with Gasteiger partial charge in [-0.2, -0.15) is 0 Å². The van der Waals surface area contributed by atoms with Crippen LogP contribution in [0.4, 0.5) is 0 Å². The Bertz CT molecular complexity index is 785. The third-order valence-corrected chi connectivity index (χ3v) is 5.62. The zero-order valence-electron chi connectivity index (χ0n) is 17.7. The molecule has 0 aliphatic heterocycles. The maximum absolute atomic E-state index is 13.0. The Balaban J connectivity index is 0.00000420. The minimum atomic E-state index is -0.123. The Hall–Kier alpha value is -1.17. The van der Waals surface area contributed by atoms with E-state index in [1.165, 1.54) is 7.11 Å². The number of rotatable bonds is 12. The predicted molar refractivity (Wildman–Crippen MR) is 118 cm³/mol. The van der Waals surface area contributed by atoms with E-state index < -0.39 is 0 Å². The summed E-state index contributed by atoms with van der Waals surface area (Å²) in [6.07, 6.45) is 4.07. The summed E-state index contributed by atoms with van der Waals surface area (Å²) in [6, 6.07) is 10.9. The molecule has 0 saturated carbocycles. The number of halogens is 1. The van der Waals surface area contributed by atoms with Gasteiger partial charge in [-0.1, -0.05) is 44.4 Å². The molecule has 0 aliphatic rings.